The molecule has 1 aliphatic heterocycles. The Morgan fingerprint density at radius 1 is 1.48 bits per heavy atom. The topological polar surface area (TPSA) is 76.1 Å². The van der Waals surface area contributed by atoms with E-state index in [0.29, 0.717) is 13.2 Å². The molecule has 1 aliphatic rings. The van der Waals surface area contributed by atoms with Gasteiger partial charge in [-0.25, -0.2) is 9.97 Å². The highest BCUT2D eigenvalue weighted by Crippen LogP contribution is 2.33. The molecule has 0 radical (unpaired) electrons. The lowest BCUT2D eigenvalue weighted by molar-refractivity contribution is 0.0957. The Balaban J connectivity index is 1.87. The van der Waals surface area contributed by atoms with Gasteiger partial charge in [0.2, 0.25) is 0 Å². The molecule has 1 atom stereocenters. The maximum absolute atomic E-state index is 12.4. The van der Waals surface area contributed by atoms with Gasteiger partial charge >= 0.3 is 0 Å². The molecule has 2 N–H and O–H groups in total. The fourth-order valence-corrected chi connectivity index (χ4v) is 3.76. The summed E-state index contributed by atoms with van der Waals surface area (Å²) in [5, 5.41) is 7.35. The van der Waals surface area contributed by atoms with Crippen LogP contribution in [-0.2, 0) is 4.74 Å². The third kappa shape index (κ3) is 3.45. The largest absolute Gasteiger partial charge is 0.379 e. The summed E-state index contributed by atoms with van der Waals surface area (Å²) in [6, 6.07) is 0.272. The average Bonchev–Trinajstić information content (AvgIpc) is 3.16. The lowest BCUT2D eigenvalue weighted by Gasteiger charge is -2.12. The molecule has 1 fully saturated rings. The van der Waals surface area contributed by atoms with E-state index in [1.54, 1.807) is 6.33 Å². The minimum absolute atomic E-state index is 0.0194. The molecule has 23 heavy (non-hydrogen) atoms. The Morgan fingerprint density at radius 3 is 3.09 bits per heavy atom. The molecule has 0 saturated carbocycles. The predicted octanol–water partition coefficient (Wildman–Crippen LogP) is 2.73. The summed E-state index contributed by atoms with van der Waals surface area (Å²) in [6.07, 6.45) is 4.58. The summed E-state index contributed by atoms with van der Waals surface area (Å²) < 4.78 is 5.40. The maximum Gasteiger partial charge on any atom is 0.261 e. The van der Waals surface area contributed by atoms with Crippen LogP contribution in [0.4, 0.5) is 5.82 Å². The van der Waals surface area contributed by atoms with Gasteiger partial charge < -0.3 is 15.4 Å². The SMILES string of the molecule is CCCCNC(=O)c1sc2ncnc(NC3CCOC3)c2c1C. The van der Waals surface area contributed by atoms with E-state index in [9.17, 15) is 4.79 Å². The maximum atomic E-state index is 12.4. The van der Waals surface area contributed by atoms with Crippen molar-refractivity contribution in [1.29, 1.82) is 0 Å². The van der Waals surface area contributed by atoms with Gasteiger partial charge in [-0.3, -0.25) is 4.79 Å². The first kappa shape index (κ1) is 16.1. The Labute approximate surface area is 139 Å². The van der Waals surface area contributed by atoms with E-state index in [-0.39, 0.29) is 11.9 Å². The van der Waals surface area contributed by atoms with Crippen LogP contribution in [0.5, 0.6) is 0 Å². The number of unbranched alkanes of at least 4 members (excludes halogenated alkanes) is 1. The second-order valence-corrected chi connectivity index (χ2v) is 6.77. The third-order valence-electron chi connectivity index (χ3n) is 4.02. The summed E-state index contributed by atoms with van der Waals surface area (Å²) in [4.78, 5) is 22.7. The van der Waals surface area contributed by atoms with Gasteiger partial charge in [-0.15, -0.1) is 11.3 Å². The summed E-state index contributed by atoms with van der Waals surface area (Å²) in [5.41, 5.74) is 0.945. The van der Waals surface area contributed by atoms with Crippen LogP contribution in [0.3, 0.4) is 0 Å². The van der Waals surface area contributed by atoms with E-state index in [4.69, 9.17) is 4.74 Å². The summed E-state index contributed by atoms with van der Waals surface area (Å²) in [6.45, 7) is 6.25. The molecule has 1 amide bonds. The Morgan fingerprint density at radius 2 is 2.35 bits per heavy atom. The molecule has 1 saturated heterocycles. The Kier molecular flexibility index (Phi) is 5.07. The fraction of sp³-hybridized carbons (Fsp3) is 0.562. The molecule has 6 nitrogen and oxygen atoms in total. The van der Waals surface area contributed by atoms with Gasteiger partial charge in [0.05, 0.1) is 22.9 Å². The first-order valence-corrected chi connectivity index (χ1v) is 8.89. The zero-order valence-electron chi connectivity index (χ0n) is 13.5. The highest BCUT2D eigenvalue weighted by atomic mass is 32.1. The van der Waals surface area contributed by atoms with Crippen molar-refractivity contribution in [2.24, 2.45) is 0 Å². The molecule has 7 heteroatoms. The number of carbonyl (C=O) groups excluding carboxylic acids is 1. The molecule has 2 aromatic rings. The molecule has 0 aromatic carbocycles. The second-order valence-electron chi connectivity index (χ2n) is 5.77. The molecule has 2 aromatic heterocycles. The first-order valence-electron chi connectivity index (χ1n) is 8.07. The fourth-order valence-electron chi connectivity index (χ4n) is 2.70. The highest BCUT2D eigenvalue weighted by molar-refractivity contribution is 7.20. The minimum Gasteiger partial charge on any atom is -0.379 e. The molecule has 0 bridgehead atoms. The van der Waals surface area contributed by atoms with E-state index in [0.717, 1.165) is 52.3 Å². The summed E-state index contributed by atoms with van der Waals surface area (Å²) in [5.74, 6) is 0.779. The summed E-state index contributed by atoms with van der Waals surface area (Å²) in [7, 11) is 0. The molecular formula is C16H22N4O2S. The van der Waals surface area contributed by atoms with Crippen molar-refractivity contribution in [3.8, 4) is 0 Å². The van der Waals surface area contributed by atoms with E-state index in [1.807, 2.05) is 6.92 Å². The van der Waals surface area contributed by atoms with Crippen molar-refractivity contribution in [2.45, 2.75) is 39.2 Å². The molecule has 3 heterocycles. The van der Waals surface area contributed by atoms with E-state index in [2.05, 4.69) is 27.5 Å². The second kappa shape index (κ2) is 7.23. The van der Waals surface area contributed by atoms with Crippen molar-refractivity contribution in [2.75, 3.05) is 25.1 Å². The number of hydrogen-bond acceptors (Lipinski definition) is 6. The number of anilines is 1. The van der Waals surface area contributed by atoms with Gasteiger partial charge in [-0.1, -0.05) is 13.3 Å². The van der Waals surface area contributed by atoms with Crippen LogP contribution in [0.2, 0.25) is 0 Å². The number of amides is 1. The van der Waals surface area contributed by atoms with Crippen LogP contribution >= 0.6 is 11.3 Å². The molecule has 0 aliphatic carbocycles. The van der Waals surface area contributed by atoms with Gasteiger partial charge in [0.25, 0.3) is 5.91 Å². The normalized spacial score (nSPS) is 17.6. The van der Waals surface area contributed by atoms with Crippen molar-refractivity contribution in [3.05, 3.63) is 16.8 Å². The number of rotatable bonds is 6. The number of aryl methyl sites for hydroxylation is 1. The van der Waals surface area contributed by atoms with Gasteiger partial charge in [-0.2, -0.15) is 0 Å². The van der Waals surface area contributed by atoms with Crippen molar-refractivity contribution < 1.29 is 9.53 Å². The number of hydrogen-bond donors (Lipinski definition) is 2. The van der Waals surface area contributed by atoms with Crippen LogP contribution in [0, 0.1) is 6.92 Å². The molecule has 1 unspecified atom stereocenters. The number of thiophene rings is 1. The van der Waals surface area contributed by atoms with Crippen LogP contribution in [-0.4, -0.2) is 41.7 Å². The summed E-state index contributed by atoms with van der Waals surface area (Å²) >= 11 is 1.43. The van der Waals surface area contributed by atoms with Crippen LogP contribution in [0.1, 0.15) is 41.4 Å². The number of aromatic nitrogens is 2. The molecule has 124 valence electrons. The number of nitrogens with zero attached hydrogens (tertiary/aromatic N) is 2. The predicted molar refractivity (Wildman–Crippen MR) is 92.2 cm³/mol. The monoisotopic (exact) mass is 334 g/mol. The standard InChI is InChI=1S/C16H22N4O2S/c1-3-4-6-17-15(21)13-10(2)12-14(18-9-19-16(12)23-13)20-11-5-7-22-8-11/h9,11H,3-8H2,1-2H3,(H,17,21)(H,18,19,20). The highest BCUT2D eigenvalue weighted by Gasteiger charge is 2.22. The van der Waals surface area contributed by atoms with Gasteiger partial charge in [-0.05, 0) is 25.3 Å². The lowest BCUT2D eigenvalue weighted by Crippen LogP contribution is -2.24. The average molecular weight is 334 g/mol. The third-order valence-corrected chi connectivity index (χ3v) is 5.22. The number of fused-ring (bicyclic) bond motifs is 1. The zero-order valence-corrected chi connectivity index (χ0v) is 14.3. The number of carbonyl (C=O) groups is 1. The lowest BCUT2D eigenvalue weighted by atomic mass is 10.1. The van der Waals surface area contributed by atoms with Crippen molar-refractivity contribution >= 4 is 33.3 Å². The minimum atomic E-state index is -0.0194. The van der Waals surface area contributed by atoms with Crippen LogP contribution in [0.15, 0.2) is 6.33 Å². The number of ether oxygens (including phenoxy) is 1. The van der Waals surface area contributed by atoms with E-state index in [1.165, 1.54) is 11.3 Å². The van der Waals surface area contributed by atoms with E-state index >= 15 is 0 Å². The Hall–Kier alpha value is -1.73. The van der Waals surface area contributed by atoms with Gasteiger partial charge in [0, 0.05) is 13.2 Å². The Bertz CT molecular complexity index is 695. The first-order chi connectivity index (χ1) is 11.2. The van der Waals surface area contributed by atoms with Crippen molar-refractivity contribution in [3.63, 3.8) is 0 Å². The molecular weight excluding hydrogens is 312 g/mol. The number of nitrogens with one attached hydrogen (secondary N) is 2. The van der Waals surface area contributed by atoms with Gasteiger partial charge in [0.15, 0.2) is 0 Å². The van der Waals surface area contributed by atoms with Crippen molar-refractivity contribution in [1.82, 2.24) is 15.3 Å². The van der Waals surface area contributed by atoms with Crippen LogP contribution < -0.4 is 10.6 Å². The quantitative estimate of drug-likeness (QED) is 0.795. The zero-order chi connectivity index (χ0) is 16.2. The van der Waals surface area contributed by atoms with Gasteiger partial charge in [0.1, 0.15) is 17.0 Å². The van der Waals surface area contributed by atoms with E-state index < -0.39 is 0 Å². The smallest absolute Gasteiger partial charge is 0.261 e. The molecule has 0 spiro atoms. The van der Waals surface area contributed by atoms with Crippen LogP contribution in [0.25, 0.3) is 10.2 Å². The molecule has 3 rings (SSSR count).